The summed E-state index contributed by atoms with van der Waals surface area (Å²) in [7, 11) is 0.336. The Balaban J connectivity index is 0.945. The summed E-state index contributed by atoms with van der Waals surface area (Å²) in [6.45, 7) is 8.87. The third-order valence-corrected chi connectivity index (χ3v) is 15.1. The van der Waals surface area contributed by atoms with E-state index in [1.54, 1.807) is 23.1 Å². The van der Waals surface area contributed by atoms with Gasteiger partial charge in [0.05, 0.1) is 4.90 Å². The number of carboxylic acid groups (broad SMARTS) is 1. The summed E-state index contributed by atoms with van der Waals surface area (Å²) in [5.41, 5.74) is 1.73. The normalized spacial score (nSPS) is 24.8. The second-order valence-electron chi connectivity index (χ2n) is 16.6. The Morgan fingerprint density at radius 1 is 0.925 bits per heavy atom. The highest BCUT2D eigenvalue weighted by molar-refractivity contribution is 7.92. The summed E-state index contributed by atoms with van der Waals surface area (Å²) >= 11 is 0. The largest absolute Gasteiger partial charge is 0.465 e. The first-order chi connectivity index (χ1) is 25.4. The fourth-order valence-corrected chi connectivity index (χ4v) is 11.6. The molecule has 1 aliphatic carbocycles. The summed E-state index contributed by atoms with van der Waals surface area (Å²) in [5, 5.41) is 12.1. The van der Waals surface area contributed by atoms with E-state index in [2.05, 4.69) is 26.1 Å². The molecule has 4 aliphatic heterocycles. The molecule has 4 heterocycles. The van der Waals surface area contributed by atoms with Crippen LogP contribution in [0.1, 0.15) is 50.5 Å². The standard InChI is InChI=1S/C40H57FN6O5S/c1-43(2)19-16-38(48)47-26-35(27-47)53(51,52)34-12-10-33(11-13-34)46-24-29(25-46)23-44-20-14-30(15-21-44)40(28-45-17-5-18-45,31-6-3-7-32(41)22-31)36-8-4-9-37(36)42-39(49)50/h3,6-7,10-13,22,29-30,35-37,42H,4-5,8-9,14-21,23-28H2,1-2H3,(H,49,50)/t36-,37-,40?/m0/s1. The minimum absolute atomic E-state index is 0.00378. The zero-order valence-corrected chi connectivity index (χ0v) is 32.2. The van der Waals surface area contributed by atoms with Crippen molar-refractivity contribution in [3.05, 3.63) is 59.9 Å². The van der Waals surface area contributed by atoms with Crippen molar-refractivity contribution in [1.29, 1.82) is 0 Å². The van der Waals surface area contributed by atoms with E-state index in [-0.39, 0.29) is 42.2 Å². The van der Waals surface area contributed by atoms with Gasteiger partial charge in [-0.2, -0.15) is 0 Å². The number of piperidine rings is 1. The van der Waals surface area contributed by atoms with E-state index in [0.29, 0.717) is 29.7 Å². The fourth-order valence-electron chi connectivity index (χ4n) is 9.93. The molecule has 11 nitrogen and oxygen atoms in total. The SMILES string of the molecule is CN(C)CCC(=O)N1CC(S(=O)(=O)c2ccc(N3CC(CN4CCC(C(CN5CCC5)(c5cccc(F)c5)[C@H]5CCC[C@@H]5NC(=O)O)CC4)C3)cc2)C1. The molecule has 2 aromatic rings. The van der Waals surface area contributed by atoms with Gasteiger partial charge in [0.25, 0.3) is 0 Å². The van der Waals surface area contributed by atoms with Crippen LogP contribution in [0.2, 0.25) is 0 Å². The van der Waals surface area contributed by atoms with Crippen LogP contribution < -0.4 is 10.2 Å². The van der Waals surface area contributed by atoms with Gasteiger partial charge >= 0.3 is 6.09 Å². The van der Waals surface area contributed by atoms with E-state index in [1.165, 1.54) is 12.5 Å². The molecule has 290 valence electrons. The average Bonchev–Trinajstić information content (AvgIpc) is 3.52. The van der Waals surface area contributed by atoms with Gasteiger partial charge in [-0.15, -0.1) is 0 Å². The first-order valence-electron chi connectivity index (χ1n) is 19.6. The molecule has 2 amide bonds. The Labute approximate surface area is 314 Å². The van der Waals surface area contributed by atoms with Crippen LogP contribution in [0, 0.1) is 23.6 Å². The van der Waals surface area contributed by atoms with E-state index in [0.717, 1.165) is 95.7 Å². The predicted octanol–water partition coefficient (Wildman–Crippen LogP) is 3.99. The van der Waals surface area contributed by atoms with Crippen LogP contribution in [0.5, 0.6) is 0 Å². The van der Waals surface area contributed by atoms with E-state index in [4.69, 9.17) is 0 Å². The number of benzene rings is 2. The van der Waals surface area contributed by atoms with Crippen LogP contribution in [0.25, 0.3) is 0 Å². The van der Waals surface area contributed by atoms with Gasteiger partial charge in [-0.3, -0.25) is 4.79 Å². The lowest BCUT2D eigenvalue weighted by molar-refractivity contribution is -0.134. The highest BCUT2D eigenvalue weighted by Gasteiger charge is 2.53. The lowest BCUT2D eigenvalue weighted by Crippen LogP contribution is -2.60. The number of nitrogens with one attached hydrogen (secondary N) is 1. The molecule has 5 aliphatic rings. The lowest BCUT2D eigenvalue weighted by atomic mass is 9.57. The number of carbonyl (C=O) groups is 2. The number of hydrogen-bond acceptors (Lipinski definition) is 8. The molecule has 5 fully saturated rings. The van der Waals surface area contributed by atoms with Gasteiger partial charge in [0.15, 0.2) is 9.84 Å². The van der Waals surface area contributed by atoms with Gasteiger partial charge in [0.1, 0.15) is 11.1 Å². The number of carbonyl (C=O) groups excluding carboxylic acids is 1. The van der Waals surface area contributed by atoms with E-state index in [9.17, 15) is 27.5 Å². The Kier molecular flexibility index (Phi) is 11.4. The number of halogens is 1. The Morgan fingerprint density at radius 3 is 2.26 bits per heavy atom. The Morgan fingerprint density at radius 2 is 1.64 bits per heavy atom. The molecule has 7 rings (SSSR count). The van der Waals surface area contributed by atoms with Crippen molar-refractivity contribution in [3.63, 3.8) is 0 Å². The van der Waals surface area contributed by atoms with Gasteiger partial charge < -0.3 is 34.9 Å². The van der Waals surface area contributed by atoms with E-state index >= 15 is 0 Å². The molecular weight excluding hydrogens is 696 g/mol. The Bertz CT molecular complexity index is 1700. The molecule has 13 heteroatoms. The Hall–Kier alpha value is -3.26. The monoisotopic (exact) mass is 752 g/mol. The fraction of sp³-hybridized carbons (Fsp3) is 0.650. The summed E-state index contributed by atoms with van der Waals surface area (Å²) in [5.74, 6) is 0.734. The molecule has 0 spiro atoms. The van der Waals surface area contributed by atoms with Crippen molar-refractivity contribution in [1.82, 2.24) is 24.9 Å². The second-order valence-corrected chi connectivity index (χ2v) is 18.9. The zero-order valence-electron chi connectivity index (χ0n) is 31.3. The minimum Gasteiger partial charge on any atom is -0.465 e. The third kappa shape index (κ3) is 8.09. The number of nitrogens with zero attached hydrogens (tertiary/aromatic N) is 5. The average molecular weight is 753 g/mol. The van der Waals surface area contributed by atoms with Crippen LogP contribution >= 0.6 is 0 Å². The van der Waals surface area contributed by atoms with Crippen molar-refractivity contribution in [2.75, 3.05) is 91.0 Å². The zero-order chi connectivity index (χ0) is 37.3. The number of anilines is 1. The van der Waals surface area contributed by atoms with Gasteiger partial charge in [-0.05, 0) is 126 Å². The molecule has 2 aromatic carbocycles. The lowest BCUT2D eigenvalue weighted by Gasteiger charge is -2.54. The van der Waals surface area contributed by atoms with Crippen LogP contribution in [0.15, 0.2) is 53.4 Å². The molecule has 53 heavy (non-hydrogen) atoms. The van der Waals surface area contributed by atoms with Gasteiger partial charge in [-0.1, -0.05) is 18.6 Å². The number of likely N-dealkylation sites (tertiary alicyclic amines) is 3. The van der Waals surface area contributed by atoms with E-state index < -0.39 is 21.2 Å². The van der Waals surface area contributed by atoms with Gasteiger partial charge in [0.2, 0.25) is 5.91 Å². The molecular formula is C40H57FN6O5S. The van der Waals surface area contributed by atoms with Crippen molar-refractivity contribution >= 4 is 27.5 Å². The van der Waals surface area contributed by atoms with Crippen LogP contribution in [-0.4, -0.2) is 143 Å². The quantitative estimate of drug-likeness (QED) is 0.296. The van der Waals surface area contributed by atoms with Gasteiger partial charge in [-0.25, -0.2) is 17.6 Å². The molecule has 0 radical (unpaired) electrons. The molecule has 2 N–H and O–H groups in total. The number of amides is 2. The molecule has 4 saturated heterocycles. The number of rotatable bonds is 14. The number of hydrogen-bond donors (Lipinski definition) is 2. The van der Waals surface area contributed by atoms with Crippen molar-refractivity contribution in [2.24, 2.45) is 17.8 Å². The molecule has 3 atom stereocenters. The van der Waals surface area contributed by atoms with E-state index in [1.807, 2.05) is 37.2 Å². The van der Waals surface area contributed by atoms with Crippen molar-refractivity contribution in [2.45, 2.75) is 66.5 Å². The summed E-state index contributed by atoms with van der Waals surface area (Å²) < 4.78 is 41.4. The smallest absolute Gasteiger partial charge is 0.404 e. The third-order valence-electron chi connectivity index (χ3n) is 13.0. The first-order valence-corrected chi connectivity index (χ1v) is 21.2. The minimum atomic E-state index is -3.50. The van der Waals surface area contributed by atoms with Crippen LogP contribution in [-0.2, 0) is 20.0 Å². The topological polar surface area (TPSA) is 117 Å². The number of sulfone groups is 1. The first kappa shape index (κ1) is 38.0. The highest BCUT2D eigenvalue weighted by Crippen LogP contribution is 2.51. The van der Waals surface area contributed by atoms with Gasteiger partial charge in [0, 0.05) is 75.3 Å². The van der Waals surface area contributed by atoms with Crippen LogP contribution in [0.3, 0.4) is 0 Å². The molecule has 0 aromatic heterocycles. The maximum atomic E-state index is 14.9. The summed E-state index contributed by atoms with van der Waals surface area (Å²) in [6.07, 6.45) is 5.32. The summed E-state index contributed by atoms with van der Waals surface area (Å²) in [4.78, 5) is 35.6. The molecule has 0 bridgehead atoms. The van der Waals surface area contributed by atoms with Crippen molar-refractivity contribution < 1.29 is 27.5 Å². The molecule has 1 unspecified atom stereocenters. The molecule has 1 saturated carbocycles. The van der Waals surface area contributed by atoms with Crippen LogP contribution in [0.4, 0.5) is 14.9 Å². The summed E-state index contributed by atoms with van der Waals surface area (Å²) in [6, 6.07) is 14.3. The maximum absolute atomic E-state index is 14.9. The highest BCUT2D eigenvalue weighted by atomic mass is 32.2. The second kappa shape index (κ2) is 15.8. The maximum Gasteiger partial charge on any atom is 0.404 e. The predicted molar refractivity (Wildman–Crippen MR) is 203 cm³/mol. The van der Waals surface area contributed by atoms with Crippen molar-refractivity contribution in [3.8, 4) is 0 Å².